The standard InChI is InChI=1S/C26H28F4N2O2/c1-16(2)17-8-10-32(11-9-17)14-19-5-4-18(12-24(19)34-26(28,29)30)23-15-31(3)25(33)22-13-20(27)6-7-21(22)23/h4-7,12-13,15-17H,8-11,14H2,1-3H3. The molecule has 2 heterocycles. The van der Waals surface area contributed by atoms with E-state index in [0.29, 0.717) is 40.5 Å². The fourth-order valence-electron chi connectivity index (χ4n) is 4.76. The summed E-state index contributed by atoms with van der Waals surface area (Å²) in [5.74, 6) is 0.405. The average Bonchev–Trinajstić information content (AvgIpc) is 2.77. The molecule has 4 rings (SSSR count). The van der Waals surface area contributed by atoms with Gasteiger partial charge in [0.25, 0.3) is 5.56 Å². The molecule has 1 aromatic heterocycles. The van der Waals surface area contributed by atoms with Crippen LogP contribution in [0.1, 0.15) is 32.3 Å². The zero-order chi connectivity index (χ0) is 24.6. The summed E-state index contributed by atoms with van der Waals surface area (Å²) in [5, 5.41) is 0.626. The van der Waals surface area contributed by atoms with Crippen LogP contribution >= 0.6 is 0 Å². The summed E-state index contributed by atoms with van der Waals surface area (Å²) in [7, 11) is 1.53. The summed E-state index contributed by atoms with van der Waals surface area (Å²) in [6.07, 6.45) is -1.25. The van der Waals surface area contributed by atoms with E-state index in [2.05, 4.69) is 23.5 Å². The van der Waals surface area contributed by atoms with Crippen LogP contribution in [0.2, 0.25) is 0 Å². The average molecular weight is 477 g/mol. The molecule has 0 spiro atoms. The summed E-state index contributed by atoms with van der Waals surface area (Å²) in [4.78, 5) is 14.6. The lowest BCUT2D eigenvalue weighted by Crippen LogP contribution is -2.35. The van der Waals surface area contributed by atoms with Crippen molar-refractivity contribution in [2.24, 2.45) is 18.9 Å². The fraction of sp³-hybridized carbons (Fsp3) is 0.423. The van der Waals surface area contributed by atoms with Crippen LogP contribution in [0.5, 0.6) is 5.75 Å². The van der Waals surface area contributed by atoms with E-state index in [-0.39, 0.29) is 16.7 Å². The largest absolute Gasteiger partial charge is 0.573 e. The lowest BCUT2D eigenvalue weighted by molar-refractivity contribution is -0.275. The van der Waals surface area contributed by atoms with Crippen molar-refractivity contribution in [3.05, 3.63) is 64.3 Å². The van der Waals surface area contributed by atoms with Crippen molar-refractivity contribution in [2.75, 3.05) is 13.1 Å². The minimum atomic E-state index is -4.84. The summed E-state index contributed by atoms with van der Waals surface area (Å²) >= 11 is 0. The van der Waals surface area contributed by atoms with Crippen LogP contribution in [0.4, 0.5) is 17.6 Å². The highest BCUT2D eigenvalue weighted by atomic mass is 19.4. The third-order valence-corrected chi connectivity index (χ3v) is 6.72. The van der Waals surface area contributed by atoms with E-state index >= 15 is 0 Å². The number of benzene rings is 2. The van der Waals surface area contributed by atoms with Gasteiger partial charge in [-0.2, -0.15) is 0 Å². The number of nitrogens with zero attached hydrogens (tertiary/aromatic N) is 2. The Balaban J connectivity index is 1.72. The molecule has 1 saturated heterocycles. The number of aromatic nitrogens is 1. The van der Waals surface area contributed by atoms with Crippen LogP contribution < -0.4 is 10.3 Å². The highest BCUT2D eigenvalue weighted by Crippen LogP contribution is 2.35. The number of halogens is 4. The van der Waals surface area contributed by atoms with E-state index in [1.54, 1.807) is 18.3 Å². The zero-order valence-electron chi connectivity index (χ0n) is 19.5. The van der Waals surface area contributed by atoms with Crippen LogP contribution in [0.25, 0.3) is 21.9 Å². The van der Waals surface area contributed by atoms with Crippen molar-refractivity contribution in [2.45, 2.75) is 39.6 Å². The van der Waals surface area contributed by atoms with Gasteiger partial charge >= 0.3 is 6.36 Å². The second kappa shape index (κ2) is 9.41. The Kier molecular flexibility index (Phi) is 6.71. The maximum atomic E-state index is 13.8. The highest BCUT2D eigenvalue weighted by molar-refractivity contribution is 5.96. The summed E-state index contributed by atoms with van der Waals surface area (Å²) < 4.78 is 59.3. The van der Waals surface area contributed by atoms with E-state index in [1.165, 1.54) is 29.8 Å². The first-order valence-electron chi connectivity index (χ1n) is 11.4. The Morgan fingerprint density at radius 2 is 1.76 bits per heavy atom. The molecular weight excluding hydrogens is 448 g/mol. The molecule has 0 aliphatic carbocycles. The Labute approximate surface area is 195 Å². The second-order valence-electron chi connectivity index (χ2n) is 9.38. The van der Waals surface area contributed by atoms with Crippen LogP contribution in [-0.2, 0) is 13.6 Å². The molecule has 2 aromatic carbocycles. The quantitative estimate of drug-likeness (QED) is 0.417. The van der Waals surface area contributed by atoms with Gasteiger partial charge < -0.3 is 9.30 Å². The van der Waals surface area contributed by atoms with Crippen molar-refractivity contribution >= 4 is 10.8 Å². The van der Waals surface area contributed by atoms with Crippen molar-refractivity contribution in [3.8, 4) is 16.9 Å². The van der Waals surface area contributed by atoms with E-state index in [9.17, 15) is 22.4 Å². The van der Waals surface area contributed by atoms with Crippen molar-refractivity contribution in [1.29, 1.82) is 0 Å². The number of hydrogen-bond acceptors (Lipinski definition) is 3. The number of piperidine rings is 1. The molecule has 182 valence electrons. The summed E-state index contributed by atoms with van der Waals surface area (Å²) in [6, 6.07) is 8.56. The molecule has 0 bridgehead atoms. The minimum Gasteiger partial charge on any atom is -0.405 e. The van der Waals surface area contributed by atoms with Crippen LogP contribution in [0.3, 0.4) is 0 Å². The molecule has 0 radical (unpaired) electrons. The fourth-order valence-corrected chi connectivity index (χ4v) is 4.76. The zero-order valence-corrected chi connectivity index (χ0v) is 19.5. The van der Waals surface area contributed by atoms with Gasteiger partial charge in [0.05, 0.1) is 5.39 Å². The molecule has 0 unspecified atom stereocenters. The molecule has 1 fully saturated rings. The third kappa shape index (κ3) is 5.27. The van der Waals surface area contributed by atoms with Crippen LogP contribution in [-0.4, -0.2) is 28.9 Å². The molecule has 0 saturated carbocycles. The number of fused-ring (bicyclic) bond motifs is 1. The lowest BCUT2D eigenvalue weighted by Gasteiger charge is -2.34. The number of aryl methyl sites for hydroxylation is 1. The molecule has 4 nitrogen and oxygen atoms in total. The Morgan fingerprint density at radius 1 is 1.06 bits per heavy atom. The maximum Gasteiger partial charge on any atom is 0.573 e. The van der Waals surface area contributed by atoms with Gasteiger partial charge in [-0.15, -0.1) is 13.2 Å². The van der Waals surface area contributed by atoms with Gasteiger partial charge in [-0.25, -0.2) is 4.39 Å². The van der Waals surface area contributed by atoms with Gasteiger partial charge in [-0.1, -0.05) is 32.0 Å². The minimum absolute atomic E-state index is 0.162. The maximum absolute atomic E-state index is 13.8. The third-order valence-electron chi connectivity index (χ3n) is 6.72. The normalized spacial score (nSPS) is 15.9. The molecule has 34 heavy (non-hydrogen) atoms. The van der Waals surface area contributed by atoms with Gasteiger partial charge in [0, 0.05) is 30.9 Å². The Hall–Kier alpha value is -2.87. The van der Waals surface area contributed by atoms with Gasteiger partial charge in [-0.3, -0.25) is 9.69 Å². The van der Waals surface area contributed by atoms with E-state index in [0.717, 1.165) is 32.0 Å². The van der Waals surface area contributed by atoms with E-state index in [4.69, 9.17) is 0 Å². The van der Waals surface area contributed by atoms with Gasteiger partial charge in [0.1, 0.15) is 11.6 Å². The monoisotopic (exact) mass is 476 g/mol. The van der Waals surface area contributed by atoms with E-state index < -0.39 is 12.2 Å². The predicted octanol–water partition coefficient (Wildman–Crippen LogP) is 6.11. The van der Waals surface area contributed by atoms with Crippen LogP contribution in [0, 0.1) is 17.7 Å². The van der Waals surface area contributed by atoms with Crippen molar-refractivity contribution < 1.29 is 22.3 Å². The first-order chi connectivity index (χ1) is 16.0. The van der Waals surface area contributed by atoms with Crippen molar-refractivity contribution in [1.82, 2.24) is 9.47 Å². The molecular formula is C26H28F4N2O2. The summed E-state index contributed by atoms with van der Waals surface area (Å²) in [6.45, 7) is 6.41. The molecule has 3 aromatic rings. The van der Waals surface area contributed by atoms with Crippen LogP contribution in [0.15, 0.2) is 47.4 Å². The molecule has 0 amide bonds. The number of likely N-dealkylation sites (tertiary alicyclic amines) is 1. The Bertz CT molecular complexity index is 1240. The smallest absolute Gasteiger partial charge is 0.405 e. The van der Waals surface area contributed by atoms with Gasteiger partial charge in [-0.05, 0) is 66.9 Å². The molecule has 1 aliphatic rings. The second-order valence-corrected chi connectivity index (χ2v) is 9.38. The molecule has 1 aliphatic heterocycles. The van der Waals surface area contributed by atoms with Gasteiger partial charge in [0.2, 0.25) is 0 Å². The predicted molar refractivity (Wildman–Crippen MR) is 124 cm³/mol. The number of ether oxygens (including phenoxy) is 1. The molecule has 0 N–H and O–H groups in total. The number of pyridine rings is 1. The number of alkyl halides is 3. The van der Waals surface area contributed by atoms with Gasteiger partial charge in [0.15, 0.2) is 0 Å². The topological polar surface area (TPSA) is 34.5 Å². The first kappa shape index (κ1) is 24.3. The highest BCUT2D eigenvalue weighted by Gasteiger charge is 2.33. The number of rotatable bonds is 5. The lowest BCUT2D eigenvalue weighted by atomic mass is 9.86. The number of hydrogen-bond donors (Lipinski definition) is 0. The molecule has 0 atom stereocenters. The summed E-state index contributed by atoms with van der Waals surface area (Å²) in [5.41, 5.74) is 1.04. The van der Waals surface area contributed by atoms with E-state index in [1.807, 2.05) is 0 Å². The SMILES string of the molecule is CC(C)C1CCN(Cc2ccc(-c3cn(C)c(=O)c4cc(F)ccc34)cc2OC(F)(F)F)CC1. The first-order valence-corrected chi connectivity index (χ1v) is 11.4. The Morgan fingerprint density at radius 3 is 2.41 bits per heavy atom. The van der Waals surface area contributed by atoms with Crippen molar-refractivity contribution in [3.63, 3.8) is 0 Å². The molecule has 8 heteroatoms.